The van der Waals surface area contributed by atoms with Crippen LogP contribution in [0.4, 0.5) is 0 Å². The predicted octanol–water partition coefficient (Wildman–Crippen LogP) is 5.24. The van der Waals surface area contributed by atoms with Crippen molar-refractivity contribution in [3.05, 3.63) is 113 Å². The Balaban J connectivity index is 1.52. The van der Waals surface area contributed by atoms with Gasteiger partial charge in [0.25, 0.3) is 0 Å². The van der Waals surface area contributed by atoms with E-state index in [1.807, 2.05) is 79.7 Å². The van der Waals surface area contributed by atoms with Crippen LogP contribution in [0.2, 0.25) is 0 Å². The lowest BCUT2D eigenvalue weighted by atomic mass is 10.0. The fraction of sp³-hybridized carbons (Fsp3) is 0.179. The van der Waals surface area contributed by atoms with Crippen LogP contribution in [0.25, 0.3) is 5.70 Å². The molecule has 0 radical (unpaired) electrons. The molecule has 2 aliphatic heterocycles. The van der Waals surface area contributed by atoms with Crippen molar-refractivity contribution in [2.24, 2.45) is 4.99 Å². The van der Waals surface area contributed by atoms with Gasteiger partial charge in [0, 0.05) is 25.1 Å². The van der Waals surface area contributed by atoms with Gasteiger partial charge in [-0.1, -0.05) is 48.0 Å². The van der Waals surface area contributed by atoms with Crippen LogP contribution in [-0.4, -0.2) is 38.6 Å². The van der Waals surface area contributed by atoms with Crippen LogP contribution in [0.1, 0.15) is 23.1 Å². The fourth-order valence-corrected chi connectivity index (χ4v) is 5.72. The van der Waals surface area contributed by atoms with Gasteiger partial charge in [0.05, 0.1) is 23.4 Å². The predicted molar refractivity (Wildman–Crippen MR) is 136 cm³/mol. The SMILES string of the molecule is COc1ccc(C2=NC(c3ccccc3)=CC3=C(C2)CN(S(=O)(=O)c2ccc(C)cc2)C3)cc1. The van der Waals surface area contributed by atoms with E-state index in [4.69, 9.17) is 9.73 Å². The number of aliphatic imine (C=N–C) groups is 1. The van der Waals surface area contributed by atoms with Crippen LogP contribution >= 0.6 is 0 Å². The van der Waals surface area contributed by atoms with E-state index in [0.29, 0.717) is 24.4 Å². The van der Waals surface area contributed by atoms with Gasteiger partial charge in [-0.3, -0.25) is 4.99 Å². The average Bonchev–Trinajstić information content (AvgIpc) is 3.18. The Morgan fingerprint density at radius 1 is 0.853 bits per heavy atom. The molecule has 5 nitrogen and oxygen atoms in total. The molecule has 34 heavy (non-hydrogen) atoms. The standard InChI is InChI=1S/C28H26N2O3S/c1-20-8-14-26(15-9-20)34(31,32)30-18-23-16-27(21-6-4-3-5-7-21)29-28(17-24(23)19-30)22-10-12-25(33-2)13-11-22/h3-16H,17-19H2,1-2H3. The first-order valence-corrected chi connectivity index (χ1v) is 12.6. The van der Waals surface area contributed by atoms with Crippen LogP contribution in [-0.2, 0) is 10.0 Å². The third-order valence-electron chi connectivity index (χ3n) is 6.27. The monoisotopic (exact) mass is 470 g/mol. The van der Waals surface area contributed by atoms with E-state index in [9.17, 15) is 8.42 Å². The minimum Gasteiger partial charge on any atom is -0.497 e. The summed E-state index contributed by atoms with van der Waals surface area (Å²) < 4.78 is 33.6. The zero-order valence-corrected chi connectivity index (χ0v) is 20.0. The number of hydrogen-bond acceptors (Lipinski definition) is 4. The number of benzene rings is 3. The maximum atomic E-state index is 13.4. The number of aryl methyl sites for hydroxylation is 1. The number of ether oxygens (including phenoxy) is 1. The van der Waals surface area contributed by atoms with E-state index >= 15 is 0 Å². The van der Waals surface area contributed by atoms with E-state index in [1.54, 1.807) is 23.5 Å². The number of sulfonamides is 1. The van der Waals surface area contributed by atoms with Crippen molar-refractivity contribution in [1.29, 1.82) is 0 Å². The van der Waals surface area contributed by atoms with Gasteiger partial charge in [-0.15, -0.1) is 0 Å². The largest absolute Gasteiger partial charge is 0.497 e. The molecule has 0 spiro atoms. The van der Waals surface area contributed by atoms with Gasteiger partial charge in [0.2, 0.25) is 10.0 Å². The van der Waals surface area contributed by atoms with Crippen molar-refractivity contribution in [3.63, 3.8) is 0 Å². The molecule has 0 bridgehead atoms. The topological polar surface area (TPSA) is 59.0 Å². The molecule has 3 aromatic carbocycles. The second-order valence-corrected chi connectivity index (χ2v) is 10.5. The summed E-state index contributed by atoms with van der Waals surface area (Å²) in [5.41, 5.74) is 6.88. The first-order chi connectivity index (χ1) is 16.4. The molecule has 2 aliphatic rings. The zero-order valence-electron chi connectivity index (χ0n) is 19.2. The quantitative estimate of drug-likeness (QED) is 0.513. The van der Waals surface area contributed by atoms with Crippen molar-refractivity contribution in [1.82, 2.24) is 4.31 Å². The summed E-state index contributed by atoms with van der Waals surface area (Å²) in [7, 11) is -1.95. The van der Waals surface area contributed by atoms with Crippen LogP contribution in [0.3, 0.4) is 0 Å². The first kappa shape index (κ1) is 22.3. The summed E-state index contributed by atoms with van der Waals surface area (Å²) in [6.07, 6.45) is 2.64. The molecule has 5 rings (SSSR count). The van der Waals surface area contributed by atoms with Gasteiger partial charge in [-0.2, -0.15) is 4.31 Å². The molecule has 0 N–H and O–H groups in total. The summed E-state index contributed by atoms with van der Waals surface area (Å²) >= 11 is 0. The first-order valence-electron chi connectivity index (χ1n) is 11.2. The van der Waals surface area contributed by atoms with Crippen molar-refractivity contribution in [3.8, 4) is 5.75 Å². The molecule has 0 aliphatic carbocycles. The molecule has 0 saturated heterocycles. The molecular formula is C28H26N2O3S. The summed E-state index contributed by atoms with van der Waals surface area (Å²) in [4.78, 5) is 5.36. The molecule has 6 heteroatoms. The van der Waals surface area contributed by atoms with Crippen LogP contribution in [0.15, 0.2) is 106 Å². The van der Waals surface area contributed by atoms with E-state index < -0.39 is 10.0 Å². The number of nitrogens with zero attached hydrogens (tertiary/aromatic N) is 2. The molecule has 0 saturated carbocycles. The van der Waals surface area contributed by atoms with E-state index in [2.05, 4.69) is 0 Å². The Kier molecular flexibility index (Phi) is 5.94. The Hall–Kier alpha value is -3.48. The highest BCUT2D eigenvalue weighted by Crippen LogP contribution is 2.34. The van der Waals surface area contributed by atoms with Crippen molar-refractivity contribution < 1.29 is 13.2 Å². The second kappa shape index (κ2) is 9.05. The van der Waals surface area contributed by atoms with Crippen LogP contribution < -0.4 is 4.74 Å². The Morgan fingerprint density at radius 2 is 1.56 bits per heavy atom. The summed E-state index contributed by atoms with van der Waals surface area (Å²) in [6, 6.07) is 24.9. The Labute approximate surface area is 200 Å². The maximum absolute atomic E-state index is 13.4. The zero-order chi connectivity index (χ0) is 23.7. The lowest BCUT2D eigenvalue weighted by Gasteiger charge is -2.18. The van der Waals surface area contributed by atoms with Gasteiger partial charge < -0.3 is 4.74 Å². The lowest BCUT2D eigenvalue weighted by molar-refractivity contribution is 0.415. The molecule has 172 valence electrons. The van der Waals surface area contributed by atoms with Crippen molar-refractivity contribution in [2.75, 3.05) is 20.2 Å². The van der Waals surface area contributed by atoms with Gasteiger partial charge in [-0.25, -0.2) is 8.42 Å². The highest BCUT2D eigenvalue weighted by Gasteiger charge is 2.33. The number of rotatable bonds is 5. The number of methoxy groups -OCH3 is 1. The molecule has 3 aromatic rings. The fourth-order valence-electron chi connectivity index (χ4n) is 4.31. The molecule has 0 amide bonds. The van der Waals surface area contributed by atoms with E-state index in [-0.39, 0.29) is 0 Å². The normalized spacial score (nSPS) is 16.5. The van der Waals surface area contributed by atoms with Crippen LogP contribution in [0.5, 0.6) is 5.75 Å². The van der Waals surface area contributed by atoms with E-state index in [1.165, 1.54) is 0 Å². The minimum atomic E-state index is -3.59. The second-order valence-electron chi connectivity index (χ2n) is 8.57. The van der Waals surface area contributed by atoms with Gasteiger partial charge in [0.1, 0.15) is 5.75 Å². The highest BCUT2D eigenvalue weighted by atomic mass is 32.2. The number of hydrogen-bond donors (Lipinski definition) is 0. The summed E-state index contributed by atoms with van der Waals surface area (Å²) in [5, 5.41) is 0. The van der Waals surface area contributed by atoms with Crippen molar-refractivity contribution in [2.45, 2.75) is 18.2 Å². The highest BCUT2D eigenvalue weighted by molar-refractivity contribution is 7.89. The summed E-state index contributed by atoms with van der Waals surface area (Å²) in [5.74, 6) is 0.785. The third kappa shape index (κ3) is 4.34. The smallest absolute Gasteiger partial charge is 0.243 e. The Bertz CT molecular complexity index is 1400. The Morgan fingerprint density at radius 3 is 2.24 bits per heavy atom. The molecular weight excluding hydrogens is 444 g/mol. The van der Waals surface area contributed by atoms with Gasteiger partial charge in [-0.05, 0) is 66.1 Å². The molecule has 0 unspecified atom stereocenters. The maximum Gasteiger partial charge on any atom is 0.243 e. The average molecular weight is 471 g/mol. The van der Waals surface area contributed by atoms with Gasteiger partial charge >= 0.3 is 0 Å². The van der Waals surface area contributed by atoms with Crippen molar-refractivity contribution >= 4 is 21.4 Å². The van der Waals surface area contributed by atoms with Crippen LogP contribution in [0, 0.1) is 6.92 Å². The molecule has 0 atom stereocenters. The van der Waals surface area contributed by atoms with Gasteiger partial charge in [0.15, 0.2) is 0 Å². The third-order valence-corrected chi connectivity index (χ3v) is 8.07. The minimum absolute atomic E-state index is 0.326. The summed E-state index contributed by atoms with van der Waals surface area (Å²) in [6.45, 7) is 2.65. The molecule has 2 heterocycles. The molecule has 0 aromatic heterocycles. The molecule has 0 fully saturated rings. The lowest BCUT2D eigenvalue weighted by Crippen LogP contribution is -2.30. The van der Waals surface area contributed by atoms with E-state index in [0.717, 1.165) is 45.0 Å².